The zero-order chi connectivity index (χ0) is 32.2. The highest BCUT2D eigenvalue weighted by Crippen LogP contribution is 2.28. The van der Waals surface area contributed by atoms with Gasteiger partial charge in [0.1, 0.15) is 18.4 Å². The lowest BCUT2D eigenvalue weighted by Crippen LogP contribution is -2.59. The Balaban J connectivity index is 1.27. The third-order valence-electron chi connectivity index (χ3n) is 8.25. The van der Waals surface area contributed by atoms with E-state index in [1.807, 2.05) is 48.5 Å². The van der Waals surface area contributed by atoms with Crippen LogP contribution in [0, 0.1) is 0 Å². The highest BCUT2D eigenvalue weighted by Gasteiger charge is 2.39. The summed E-state index contributed by atoms with van der Waals surface area (Å²) in [6.45, 7) is 3.55. The van der Waals surface area contributed by atoms with E-state index in [1.54, 1.807) is 18.0 Å². The third kappa shape index (κ3) is 9.83. The van der Waals surface area contributed by atoms with Crippen LogP contribution in [0.5, 0.6) is 5.75 Å². The van der Waals surface area contributed by atoms with Crippen molar-refractivity contribution in [3.8, 4) is 5.75 Å². The van der Waals surface area contributed by atoms with Gasteiger partial charge in [-0.05, 0) is 36.1 Å². The summed E-state index contributed by atoms with van der Waals surface area (Å²) in [5.41, 5.74) is 1.98. The van der Waals surface area contributed by atoms with Crippen LogP contribution in [0.3, 0.4) is 0 Å². The molecule has 2 aliphatic heterocycles. The van der Waals surface area contributed by atoms with Gasteiger partial charge < -0.3 is 30.2 Å². The second-order valence-electron chi connectivity index (χ2n) is 11.8. The highest BCUT2D eigenvalue weighted by molar-refractivity contribution is 5.88. The fraction of sp³-hybridized carbons (Fsp3) is 0.485. The molecule has 0 bridgehead atoms. The lowest BCUT2D eigenvalue weighted by molar-refractivity contribution is -0.133. The standard InChI is InChI=1S/C33H43N7O6/c1-44-28-9-5-8-26(18-28)21-39-13-10-33(11-14-39)20-30(41)35-29(32(43)34-12-15-45-16-17-46-24-31(42)36-33)19-27-23-40(38-37-27)22-25-6-3-2-4-7-25/h2-9,18,23,29H,10-17,19-22,24H2,1H3,(H,34,43)(H,35,41)(H,36,42). The number of likely N-dealkylation sites (tertiary alicyclic amines) is 1. The van der Waals surface area contributed by atoms with E-state index in [0.717, 1.165) is 23.4 Å². The van der Waals surface area contributed by atoms with Gasteiger partial charge in [-0.2, -0.15) is 0 Å². The van der Waals surface area contributed by atoms with Crippen LogP contribution >= 0.6 is 0 Å². The molecule has 46 heavy (non-hydrogen) atoms. The Morgan fingerprint density at radius 2 is 1.72 bits per heavy atom. The monoisotopic (exact) mass is 633 g/mol. The van der Waals surface area contributed by atoms with E-state index in [0.29, 0.717) is 38.2 Å². The lowest BCUT2D eigenvalue weighted by Gasteiger charge is -2.42. The Labute approximate surface area is 268 Å². The smallest absolute Gasteiger partial charge is 0.246 e. The quantitative estimate of drug-likeness (QED) is 0.347. The number of methoxy groups -OCH3 is 1. The Hall–Kier alpha value is -4.33. The minimum atomic E-state index is -0.883. The molecular weight excluding hydrogens is 590 g/mol. The fourth-order valence-electron chi connectivity index (χ4n) is 5.85. The average Bonchev–Trinajstić information content (AvgIpc) is 3.49. The van der Waals surface area contributed by atoms with Crippen LogP contribution < -0.4 is 20.7 Å². The number of nitrogens with one attached hydrogen (secondary N) is 3. The molecule has 2 aliphatic rings. The van der Waals surface area contributed by atoms with Crippen molar-refractivity contribution in [2.75, 3.05) is 53.2 Å². The van der Waals surface area contributed by atoms with Crippen LogP contribution in [0.15, 0.2) is 60.8 Å². The molecule has 1 aromatic heterocycles. The molecule has 13 heteroatoms. The van der Waals surface area contributed by atoms with E-state index in [2.05, 4.69) is 37.2 Å². The number of ether oxygens (including phenoxy) is 3. The van der Waals surface area contributed by atoms with Gasteiger partial charge >= 0.3 is 0 Å². The molecule has 246 valence electrons. The molecule has 0 radical (unpaired) electrons. The Bertz CT molecular complexity index is 1440. The molecule has 1 spiro atoms. The van der Waals surface area contributed by atoms with Crippen molar-refractivity contribution in [3.05, 3.63) is 77.6 Å². The number of carbonyl (C=O) groups excluding carboxylic acids is 3. The molecule has 2 fully saturated rings. The first-order valence-corrected chi connectivity index (χ1v) is 15.7. The van der Waals surface area contributed by atoms with Gasteiger partial charge in [-0.15, -0.1) is 5.10 Å². The van der Waals surface area contributed by atoms with Crippen molar-refractivity contribution >= 4 is 17.7 Å². The van der Waals surface area contributed by atoms with Gasteiger partial charge in [0, 0.05) is 45.2 Å². The van der Waals surface area contributed by atoms with Crippen LogP contribution in [-0.2, 0) is 43.4 Å². The number of rotatable bonds is 7. The number of benzene rings is 2. The molecule has 0 saturated carbocycles. The first-order valence-electron chi connectivity index (χ1n) is 15.7. The van der Waals surface area contributed by atoms with E-state index in [1.165, 1.54) is 0 Å². The van der Waals surface area contributed by atoms with Crippen LogP contribution in [0.1, 0.15) is 36.1 Å². The fourth-order valence-corrected chi connectivity index (χ4v) is 5.85. The van der Waals surface area contributed by atoms with Crippen molar-refractivity contribution in [2.24, 2.45) is 0 Å². The number of aromatic nitrogens is 3. The molecule has 3 N–H and O–H groups in total. The largest absolute Gasteiger partial charge is 0.497 e. The summed E-state index contributed by atoms with van der Waals surface area (Å²) >= 11 is 0. The van der Waals surface area contributed by atoms with Gasteiger partial charge in [0.2, 0.25) is 17.7 Å². The first kappa shape index (κ1) is 33.0. The summed E-state index contributed by atoms with van der Waals surface area (Å²) in [7, 11) is 1.65. The van der Waals surface area contributed by atoms with E-state index >= 15 is 0 Å². The molecule has 0 aliphatic carbocycles. The van der Waals surface area contributed by atoms with Gasteiger partial charge in [0.15, 0.2) is 0 Å². The third-order valence-corrected chi connectivity index (χ3v) is 8.25. The molecule has 13 nitrogen and oxygen atoms in total. The predicted molar refractivity (Wildman–Crippen MR) is 169 cm³/mol. The van der Waals surface area contributed by atoms with Gasteiger partial charge in [0.05, 0.1) is 44.7 Å². The molecule has 2 aromatic carbocycles. The molecule has 5 rings (SSSR count). The zero-order valence-electron chi connectivity index (χ0n) is 26.3. The van der Waals surface area contributed by atoms with Gasteiger partial charge in [-0.3, -0.25) is 19.3 Å². The zero-order valence-corrected chi connectivity index (χ0v) is 26.3. The average molecular weight is 634 g/mol. The minimum Gasteiger partial charge on any atom is -0.497 e. The molecule has 3 heterocycles. The van der Waals surface area contributed by atoms with Crippen LogP contribution in [0.2, 0.25) is 0 Å². The maximum atomic E-state index is 13.6. The van der Waals surface area contributed by atoms with E-state index in [4.69, 9.17) is 14.2 Å². The Kier molecular flexibility index (Phi) is 11.7. The Morgan fingerprint density at radius 3 is 2.52 bits per heavy atom. The van der Waals surface area contributed by atoms with Gasteiger partial charge in [-0.25, -0.2) is 4.68 Å². The summed E-state index contributed by atoms with van der Waals surface area (Å²) in [5.74, 6) is -0.160. The summed E-state index contributed by atoms with van der Waals surface area (Å²) in [5, 5.41) is 17.4. The Morgan fingerprint density at radius 1 is 0.935 bits per heavy atom. The van der Waals surface area contributed by atoms with Crippen LogP contribution in [0.4, 0.5) is 0 Å². The topological polar surface area (TPSA) is 149 Å². The van der Waals surface area contributed by atoms with Crippen molar-refractivity contribution in [1.29, 1.82) is 0 Å². The van der Waals surface area contributed by atoms with Crippen molar-refractivity contribution < 1.29 is 28.6 Å². The molecular formula is C33H43N7O6. The molecule has 1 atom stereocenters. The second kappa shape index (κ2) is 16.3. The summed E-state index contributed by atoms with van der Waals surface area (Å²) in [4.78, 5) is 42.2. The van der Waals surface area contributed by atoms with Crippen molar-refractivity contribution in [2.45, 2.75) is 50.4 Å². The van der Waals surface area contributed by atoms with Gasteiger partial charge in [0.25, 0.3) is 0 Å². The van der Waals surface area contributed by atoms with E-state index < -0.39 is 11.6 Å². The number of nitrogens with zero attached hydrogens (tertiary/aromatic N) is 4. The van der Waals surface area contributed by atoms with Crippen LogP contribution in [-0.4, -0.2) is 102 Å². The number of hydrogen-bond acceptors (Lipinski definition) is 9. The highest BCUT2D eigenvalue weighted by atomic mass is 16.5. The second-order valence-corrected chi connectivity index (χ2v) is 11.8. The summed E-state index contributed by atoms with van der Waals surface area (Å²) in [6, 6.07) is 16.9. The number of amides is 3. The molecule has 2 saturated heterocycles. The summed E-state index contributed by atoms with van der Waals surface area (Å²) < 4.78 is 18.1. The lowest BCUT2D eigenvalue weighted by atomic mass is 9.83. The van der Waals surface area contributed by atoms with E-state index in [9.17, 15) is 14.4 Å². The first-order chi connectivity index (χ1) is 22.4. The van der Waals surface area contributed by atoms with Crippen molar-refractivity contribution in [1.82, 2.24) is 35.8 Å². The number of carbonyl (C=O) groups is 3. The summed E-state index contributed by atoms with van der Waals surface area (Å²) in [6.07, 6.45) is 3.09. The predicted octanol–water partition coefficient (Wildman–Crippen LogP) is 1.07. The minimum absolute atomic E-state index is 0.0271. The molecule has 1 unspecified atom stereocenters. The normalized spacial score (nSPS) is 20.5. The van der Waals surface area contributed by atoms with E-state index in [-0.39, 0.29) is 63.5 Å². The molecule has 3 amide bonds. The van der Waals surface area contributed by atoms with Gasteiger partial charge in [-0.1, -0.05) is 47.7 Å². The molecule has 3 aromatic rings. The maximum Gasteiger partial charge on any atom is 0.246 e. The maximum absolute atomic E-state index is 13.6. The van der Waals surface area contributed by atoms with Crippen molar-refractivity contribution in [3.63, 3.8) is 0 Å². The number of hydrogen-bond donors (Lipinski definition) is 3. The number of piperidine rings is 1. The SMILES string of the molecule is COc1cccc(CN2CCC3(CC2)CC(=O)NC(Cc2cn(Cc4ccccc4)nn2)C(=O)NCCOCCOCC(=O)N3)c1. The van der Waals surface area contributed by atoms with Crippen LogP contribution in [0.25, 0.3) is 0 Å².